The number of anilines is 1. The summed E-state index contributed by atoms with van der Waals surface area (Å²) < 4.78 is 18.0. The van der Waals surface area contributed by atoms with Crippen molar-refractivity contribution >= 4 is 22.4 Å². The first-order chi connectivity index (χ1) is 14.9. The van der Waals surface area contributed by atoms with Crippen molar-refractivity contribution in [2.75, 3.05) is 26.1 Å². The second-order valence-electron chi connectivity index (χ2n) is 7.53. The molecule has 1 N–H and O–H groups in total. The Balaban J connectivity index is 2.18. The highest BCUT2D eigenvalue weighted by Crippen LogP contribution is 2.33. The molecule has 7 nitrogen and oxygen atoms in total. The van der Waals surface area contributed by atoms with Gasteiger partial charge in [0.1, 0.15) is 5.75 Å². The fourth-order valence-corrected chi connectivity index (χ4v) is 3.47. The molecule has 7 heteroatoms. The van der Waals surface area contributed by atoms with Gasteiger partial charge in [-0.3, -0.25) is 9.59 Å². The maximum atomic E-state index is 13.3. The Bertz CT molecular complexity index is 1150. The van der Waals surface area contributed by atoms with Crippen LogP contribution in [0.25, 0.3) is 10.8 Å². The first-order valence-electron chi connectivity index (χ1n) is 10.2. The lowest BCUT2D eigenvalue weighted by Gasteiger charge is -2.17. The van der Waals surface area contributed by atoms with E-state index in [-0.39, 0.29) is 17.4 Å². The van der Waals surface area contributed by atoms with E-state index in [4.69, 9.17) is 14.2 Å². The minimum absolute atomic E-state index is 0.184. The third kappa shape index (κ3) is 4.66. The maximum absolute atomic E-state index is 13.3. The largest absolute Gasteiger partial charge is 0.493 e. The van der Waals surface area contributed by atoms with Gasteiger partial charge in [-0.2, -0.15) is 0 Å². The molecule has 0 spiro atoms. The van der Waals surface area contributed by atoms with Crippen LogP contribution in [-0.4, -0.2) is 31.3 Å². The van der Waals surface area contributed by atoms with E-state index >= 15 is 0 Å². The summed E-state index contributed by atoms with van der Waals surface area (Å²) in [5, 5.41) is 3.81. The smallest absolute Gasteiger partial charge is 0.258 e. The van der Waals surface area contributed by atoms with E-state index in [2.05, 4.69) is 5.32 Å². The molecule has 0 fully saturated rings. The number of fused-ring (bicyclic) bond motifs is 1. The first kappa shape index (κ1) is 22.2. The molecule has 0 bridgehead atoms. The summed E-state index contributed by atoms with van der Waals surface area (Å²) in [6, 6.07) is 10.5. The number of benzene rings is 2. The van der Waals surface area contributed by atoms with Crippen molar-refractivity contribution in [3.63, 3.8) is 0 Å². The predicted octanol–water partition coefficient (Wildman–Crippen LogP) is 4.33. The summed E-state index contributed by atoms with van der Waals surface area (Å²) in [5.74, 6) is 1.34. The Morgan fingerprint density at radius 3 is 2.29 bits per heavy atom. The zero-order valence-electron chi connectivity index (χ0n) is 18.5. The van der Waals surface area contributed by atoms with Crippen LogP contribution in [-0.2, 0) is 6.54 Å². The number of aromatic nitrogens is 1. The van der Waals surface area contributed by atoms with E-state index < -0.39 is 0 Å². The molecule has 0 aliphatic carbocycles. The first-order valence-corrected chi connectivity index (χ1v) is 10.2. The van der Waals surface area contributed by atoms with Gasteiger partial charge >= 0.3 is 0 Å². The predicted molar refractivity (Wildman–Crippen MR) is 122 cm³/mol. The van der Waals surface area contributed by atoms with Gasteiger partial charge in [0, 0.05) is 18.1 Å². The van der Waals surface area contributed by atoms with Gasteiger partial charge in [0.2, 0.25) is 0 Å². The number of nitrogens with one attached hydrogen (secondary N) is 1. The average molecular weight is 424 g/mol. The molecule has 0 aliphatic heterocycles. The van der Waals surface area contributed by atoms with Gasteiger partial charge in [-0.25, -0.2) is 0 Å². The van der Waals surface area contributed by atoms with Crippen molar-refractivity contribution in [2.24, 2.45) is 5.92 Å². The third-order valence-corrected chi connectivity index (χ3v) is 4.83. The molecule has 1 aromatic heterocycles. The number of carbonyl (C=O) groups excluding carboxylic acids is 1. The fraction of sp³-hybridized carbons (Fsp3) is 0.333. The number of nitrogens with zero attached hydrogens (tertiary/aromatic N) is 1. The highest BCUT2D eigenvalue weighted by atomic mass is 16.5. The molecule has 0 aliphatic rings. The van der Waals surface area contributed by atoms with Crippen LogP contribution in [0.15, 0.2) is 47.4 Å². The van der Waals surface area contributed by atoms with Crippen LogP contribution in [0.4, 0.5) is 5.69 Å². The van der Waals surface area contributed by atoms with E-state index in [1.807, 2.05) is 32.9 Å². The van der Waals surface area contributed by atoms with Gasteiger partial charge in [-0.1, -0.05) is 26.0 Å². The minimum Gasteiger partial charge on any atom is -0.493 e. The van der Waals surface area contributed by atoms with Gasteiger partial charge in [-0.15, -0.1) is 0 Å². The van der Waals surface area contributed by atoms with Crippen LogP contribution in [0, 0.1) is 5.92 Å². The summed E-state index contributed by atoms with van der Waals surface area (Å²) in [6.07, 6.45) is 1.61. The Morgan fingerprint density at radius 2 is 1.68 bits per heavy atom. The van der Waals surface area contributed by atoms with E-state index in [1.165, 1.54) is 14.2 Å². The van der Waals surface area contributed by atoms with E-state index in [9.17, 15) is 9.59 Å². The lowest BCUT2D eigenvalue weighted by molar-refractivity contribution is 0.102. The average Bonchev–Trinajstić information content (AvgIpc) is 2.76. The number of para-hydroxylation sites is 2. The lowest BCUT2D eigenvalue weighted by Crippen LogP contribution is -2.25. The van der Waals surface area contributed by atoms with E-state index in [1.54, 1.807) is 35.0 Å². The molecule has 31 heavy (non-hydrogen) atoms. The van der Waals surface area contributed by atoms with E-state index in [0.29, 0.717) is 52.4 Å². The molecular formula is C24H28N2O5. The van der Waals surface area contributed by atoms with Gasteiger partial charge in [0.25, 0.3) is 11.5 Å². The Hall–Kier alpha value is -3.48. The minimum atomic E-state index is -0.345. The maximum Gasteiger partial charge on any atom is 0.258 e. The van der Waals surface area contributed by atoms with Gasteiger partial charge in [0.15, 0.2) is 11.5 Å². The molecule has 3 rings (SSSR count). The number of pyridine rings is 1. The second kappa shape index (κ2) is 9.55. The van der Waals surface area contributed by atoms with Gasteiger partial charge in [-0.05, 0) is 37.1 Å². The van der Waals surface area contributed by atoms with Crippen molar-refractivity contribution in [1.82, 2.24) is 4.57 Å². The molecular weight excluding hydrogens is 396 g/mol. The highest BCUT2D eigenvalue weighted by Gasteiger charge is 2.19. The fourth-order valence-electron chi connectivity index (χ4n) is 3.47. The summed E-state index contributed by atoms with van der Waals surface area (Å²) in [7, 11) is 3.03. The SMILES string of the molecule is CCOc1ccccc1NC(=O)c1cn(CC(C)C)c(=O)c2cc(OC)c(OC)cc12. The molecule has 164 valence electrons. The van der Waals surface area contributed by atoms with Crippen LogP contribution >= 0.6 is 0 Å². The molecule has 0 radical (unpaired) electrons. The number of hydrogen-bond acceptors (Lipinski definition) is 5. The quantitative estimate of drug-likeness (QED) is 0.582. The molecule has 1 heterocycles. The molecule has 0 unspecified atom stereocenters. The third-order valence-electron chi connectivity index (χ3n) is 4.83. The normalized spacial score (nSPS) is 10.9. The lowest BCUT2D eigenvalue weighted by atomic mass is 10.0. The topological polar surface area (TPSA) is 78.8 Å². The highest BCUT2D eigenvalue weighted by molar-refractivity contribution is 6.13. The van der Waals surface area contributed by atoms with Crippen molar-refractivity contribution < 1.29 is 19.0 Å². The second-order valence-corrected chi connectivity index (χ2v) is 7.53. The summed E-state index contributed by atoms with van der Waals surface area (Å²) >= 11 is 0. The van der Waals surface area contributed by atoms with Crippen LogP contribution in [0.1, 0.15) is 31.1 Å². The number of rotatable bonds is 8. The molecule has 3 aromatic rings. The number of hydrogen-bond donors (Lipinski definition) is 1. The van der Waals surface area contributed by atoms with Crippen molar-refractivity contribution in [1.29, 1.82) is 0 Å². The monoisotopic (exact) mass is 424 g/mol. The summed E-state index contributed by atoms with van der Waals surface area (Å²) in [6.45, 7) is 6.88. The Labute approximate surface area is 181 Å². The van der Waals surface area contributed by atoms with Crippen LogP contribution in [0.5, 0.6) is 17.2 Å². The van der Waals surface area contributed by atoms with Crippen LogP contribution in [0.2, 0.25) is 0 Å². The molecule has 0 saturated heterocycles. The van der Waals surface area contributed by atoms with Gasteiger partial charge in [0.05, 0.1) is 37.5 Å². The van der Waals surface area contributed by atoms with E-state index in [0.717, 1.165) is 0 Å². The van der Waals surface area contributed by atoms with Crippen LogP contribution < -0.4 is 25.1 Å². The zero-order valence-corrected chi connectivity index (χ0v) is 18.5. The number of methoxy groups -OCH3 is 2. The van der Waals surface area contributed by atoms with Crippen molar-refractivity contribution in [3.05, 3.63) is 58.5 Å². The van der Waals surface area contributed by atoms with Crippen molar-refractivity contribution in [3.8, 4) is 17.2 Å². The molecule has 1 amide bonds. The standard InChI is InChI=1S/C24H28N2O5/c1-6-31-20-10-8-7-9-19(20)25-23(27)18-14-26(13-15(2)3)24(28)17-12-22(30-5)21(29-4)11-16(17)18/h7-12,14-15H,6,13H2,1-5H3,(H,25,27). The Kier molecular flexibility index (Phi) is 6.84. The van der Waals surface area contributed by atoms with Gasteiger partial charge < -0.3 is 24.1 Å². The number of amides is 1. The molecule has 2 aromatic carbocycles. The summed E-state index contributed by atoms with van der Waals surface area (Å²) in [4.78, 5) is 26.5. The van der Waals surface area contributed by atoms with Crippen molar-refractivity contribution in [2.45, 2.75) is 27.3 Å². The molecule has 0 atom stereocenters. The Morgan fingerprint density at radius 1 is 1.03 bits per heavy atom. The number of ether oxygens (including phenoxy) is 3. The summed E-state index contributed by atoms with van der Waals surface area (Å²) in [5.41, 5.74) is 0.739. The number of carbonyl (C=O) groups is 1. The zero-order chi connectivity index (χ0) is 22.5. The van der Waals surface area contributed by atoms with Crippen LogP contribution in [0.3, 0.4) is 0 Å². The molecule has 0 saturated carbocycles.